The Kier molecular flexibility index (Phi) is 6.01. The van der Waals surface area contributed by atoms with E-state index in [1.54, 1.807) is 19.1 Å². The summed E-state index contributed by atoms with van der Waals surface area (Å²) in [6.07, 6.45) is 2.07. The Bertz CT molecular complexity index is 702. The monoisotopic (exact) mass is 356 g/mol. The van der Waals surface area contributed by atoms with Gasteiger partial charge in [0.2, 0.25) is 0 Å². The number of nitrogens with zero attached hydrogens (tertiary/aromatic N) is 1. The molecule has 0 saturated heterocycles. The Labute approximate surface area is 142 Å². The minimum atomic E-state index is -0.535. The summed E-state index contributed by atoms with van der Waals surface area (Å²) in [7, 11) is 0. The van der Waals surface area contributed by atoms with E-state index in [0.29, 0.717) is 22.9 Å². The van der Waals surface area contributed by atoms with Crippen molar-refractivity contribution in [3.63, 3.8) is 0 Å². The molecular formula is C15H14Cl2N2O4. The maximum Gasteiger partial charge on any atom is 0.306 e. The molecular weight excluding hydrogens is 343 g/mol. The largest absolute Gasteiger partial charge is 0.469 e. The molecule has 2 rings (SSSR count). The zero-order chi connectivity index (χ0) is 16.8. The number of esters is 1. The summed E-state index contributed by atoms with van der Waals surface area (Å²) >= 11 is 11.8. The highest BCUT2D eigenvalue weighted by atomic mass is 35.5. The molecule has 0 saturated carbocycles. The molecule has 6 nitrogen and oxygen atoms in total. The van der Waals surface area contributed by atoms with Crippen LogP contribution in [0.4, 0.5) is 5.82 Å². The molecule has 122 valence electrons. The number of amides is 1. The van der Waals surface area contributed by atoms with Crippen LogP contribution in [0.2, 0.25) is 10.0 Å². The molecule has 23 heavy (non-hydrogen) atoms. The van der Waals surface area contributed by atoms with E-state index in [1.165, 1.54) is 12.3 Å². The van der Waals surface area contributed by atoms with Crippen LogP contribution in [0.15, 0.2) is 28.9 Å². The SMILES string of the molecule is Cc1nc(NC(=O)COC(=O)CCc2ccco2)c(Cl)cc1Cl. The van der Waals surface area contributed by atoms with E-state index < -0.39 is 18.5 Å². The summed E-state index contributed by atoms with van der Waals surface area (Å²) in [4.78, 5) is 27.4. The number of halogens is 2. The number of hydrogen-bond acceptors (Lipinski definition) is 5. The summed E-state index contributed by atoms with van der Waals surface area (Å²) < 4.78 is 9.98. The smallest absolute Gasteiger partial charge is 0.306 e. The average molecular weight is 357 g/mol. The summed E-state index contributed by atoms with van der Waals surface area (Å²) in [5.41, 5.74) is 0.529. The molecule has 0 aliphatic carbocycles. The Hall–Kier alpha value is -2.05. The lowest BCUT2D eigenvalue weighted by atomic mass is 10.2. The van der Waals surface area contributed by atoms with Gasteiger partial charge < -0.3 is 14.5 Å². The van der Waals surface area contributed by atoms with Crippen LogP contribution in [0.25, 0.3) is 0 Å². The van der Waals surface area contributed by atoms with Crippen molar-refractivity contribution in [1.29, 1.82) is 0 Å². The van der Waals surface area contributed by atoms with Crippen LogP contribution in [0.5, 0.6) is 0 Å². The second kappa shape index (κ2) is 7.99. The fraction of sp³-hybridized carbons (Fsp3) is 0.267. The van der Waals surface area contributed by atoms with E-state index in [0.717, 1.165) is 0 Å². The fourth-order valence-corrected chi connectivity index (χ4v) is 2.12. The molecule has 0 spiro atoms. The van der Waals surface area contributed by atoms with Crippen molar-refractivity contribution in [3.8, 4) is 0 Å². The van der Waals surface area contributed by atoms with Crippen molar-refractivity contribution >= 4 is 40.9 Å². The predicted molar refractivity (Wildman–Crippen MR) is 85.6 cm³/mol. The highest BCUT2D eigenvalue weighted by Crippen LogP contribution is 2.25. The number of aryl methyl sites for hydroxylation is 2. The van der Waals surface area contributed by atoms with Gasteiger partial charge in [-0.3, -0.25) is 9.59 Å². The fourth-order valence-electron chi connectivity index (χ4n) is 1.71. The Balaban J connectivity index is 1.78. The number of carbonyl (C=O) groups excluding carboxylic acids is 2. The van der Waals surface area contributed by atoms with Gasteiger partial charge in [-0.2, -0.15) is 0 Å². The third kappa shape index (κ3) is 5.26. The molecule has 0 radical (unpaired) electrons. The first-order valence-electron chi connectivity index (χ1n) is 6.76. The van der Waals surface area contributed by atoms with Crippen molar-refractivity contribution in [2.24, 2.45) is 0 Å². The third-order valence-corrected chi connectivity index (χ3v) is 3.55. The van der Waals surface area contributed by atoms with E-state index in [9.17, 15) is 9.59 Å². The van der Waals surface area contributed by atoms with Crippen LogP contribution in [-0.2, 0) is 20.7 Å². The van der Waals surface area contributed by atoms with Crippen molar-refractivity contribution < 1.29 is 18.7 Å². The molecule has 1 amide bonds. The number of hydrogen-bond donors (Lipinski definition) is 1. The number of nitrogens with one attached hydrogen (secondary N) is 1. The molecule has 2 heterocycles. The predicted octanol–water partition coefficient (Wildman–Crippen LogP) is 3.40. The number of rotatable bonds is 6. The number of furan rings is 1. The maximum atomic E-state index is 11.8. The molecule has 0 atom stereocenters. The van der Waals surface area contributed by atoms with E-state index in [-0.39, 0.29) is 17.3 Å². The second-order valence-corrected chi connectivity index (χ2v) is 5.49. The number of pyridine rings is 1. The van der Waals surface area contributed by atoms with Gasteiger partial charge in [0.05, 0.1) is 28.4 Å². The standard InChI is InChI=1S/C15H14Cl2N2O4/c1-9-11(16)7-12(17)15(18-9)19-13(20)8-23-14(21)5-4-10-3-2-6-22-10/h2-3,6-7H,4-5,8H2,1H3,(H,18,19,20). The summed E-state index contributed by atoms with van der Waals surface area (Å²) in [6.45, 7) is 1.26. The first kappa shape index (κ1) is 17.3. The van der Waals surface area contributed by atoms with Gasteiger partial charge in [0.25, 0.3) is 5.91 Å². The summed E-state index contributed by atoms with van der Waals surface area (Å²) in [5.74, 6) is -0.181. The van der Waals surface area contributed by atoms with Crippen LogP contribution < -0.4 is 5.32 Å². The molecule has 2 aromatic rings. The highest BCUT2D eigenvalue weighted by Gasteiger charge is 2.12. The quantitative estimate of drug-likeness (QED) is 0.802. The topological polar surface area (TPSA) is 81.4 Å². The second-order valence-electron chi connectivity index (χ2n) is 4.67. The molecule has 0 bridgehead atoms. The molecule has 1 N–H and O–H groups in total. The summed E-state index contributed by atoms with van der Waals surface area (Å²) in [6, 6.07) is 4.98. The number of carbonyl (C=O) groups is 2. The van der Waals surface area contributed by atoms with Gasteiger partial charge >= 0.3 is 5.97 Å². The van der Waals surface area contributed by atoms with Crippen LogP contribution in [-0.4, -0.2) is 23.5 Å². The highest BCUT2D eigenvalue weighted by molar-refractivity contribution is 6.36. The zero-order valence-electron chi connectivity index (χ0n) is 12.3. The van der Waals surface area contributed by atoms with Crippen LogP contribution in [0.3, 0.4) is 0 Å². The Morgan fingerprint density at radius 3 is 2.83 bits per heavy atom. The number of anilines is 1. The third-order valence-electron chi connectivity index (χ3n) is 2.88. The normalized spacial score (nSPS) is 10.4. The van der Waals surface area contributed by atoms with Gasteiger partial charge in [-0.05, 0) is 25.1 Å². The number of aromatic nitrogens is 1. The first-order chi connectivity index (χ1) is 11.0. The molecule has 0 unspecified atom stereocenters. The van der Waals surface area contributed by atoms with E-state index in [2.05, 4.69) is 10.3 Å². The lowest BCUT2D eigenvalue weighted by Crippen LogP contribution is -2.22. The van der Waals surface area contributed by atoms with Crippen LogP contribution in [0, 0.1) is 6.92 Å². The molecule has 8 heteroatoms. The van der Waals surface area contributed by atoms with Crippen molar-refractivity contribution in [2.75, 3.05) is 11.9 Å². The van der Waals surface area contributed by atoms with Crippen molar-refractivity contribution in [2.45, 2.75) is 19.8 Å². The van der Waals surface area contributed by atoms with Crippen LogP contribution >= 0.6 is 23.2 Å². The Morgan fingerprint density at radius 1 is 1.35 bits per heavy atom. The minimum Gasteiger partial charge on any atom is -0.469 e. The average Bonchev–Trinajstić information content (AvgIpc) is 3.02. The lowest BCUT2D eigenvalue weighted by Gasteiger charge is -2.08. The van der Waals surface area contributed by atoms with Crippen molar-refractivity contribution in [3.05, 3.63) is 46.0 Å². The van der Waals surface area contributed by atoms with E-state index >= 15 is 0 Å². The van der Waals surface area contributed by atoms with Crippen LogP contribution in [0.1, 0.15) is 17.9 Å². The number of ether oxygens (including phenoxy) is 1. The molecule has 0 aromatic carbocycles. The molecule has 0 aliphatic heterocycles. The molecule has 0 fully saturated rings. The lowest BCUT2D eigenvalue weighted by molar-refractivity contribution is -0.147. The minimum absolute atomic E-state index is 0.125. The zero-order valence-corrected chi connectivity index (χ0v) is 13.8. The Morgan fingerprint density at radius 2 is 2.13 bits per heavy atom. The van der Waals surface area contributed by atoms with Crippen molar-refractivity contribution in [1.82, 2.24) is 4.98 Å². The van der Waals surface area contributed by atoms with Gasteiger partial charge in [-0.25, -0.2) is 4.98 Å². The molecule has 0 aliphatic rings. The first-order valence-corrected chi connectivity index (χ1v) is 7.52. The van der Waals surface area contributed by atoms with Gasteiger partial charge in [0, 0.05) is 6.42 Å². The van der Waals surface area contributed by atoms with Gasteiger partial charge in [-0.1, -0.05) is 23.2 Å². The summed E-state index contributed by atoms with van der Waals surface area (Å²) in [5, 5.41) is 3.07. The molecule has 2 aromatic heterocycles. The van der Waals surface area contributed by atoms with Gasteiger partial charge in [0.1, 0.15) is 5.76 Å². The van der Waals surface area contributed by atoms with E-state index in [1.807, 2.05) is 0 Å². The van der Waals surface area contributed by atoms with Gasteiger partial charge in [-0.15, -0.1) is 0 Å². The maximum absolute atomic E-state index is 11.8. The van der Waals surface area contributed by atoms with Gasteiger partial charge in [0.15, 0.2) is 12.4 Å². The van der Waals surface area contributed by atoms with E-state index in [4.69, 9.17) is 32.4 Å².